The van der Waals surface area contributed by atoms with Gasteiger partial charge in [0.15, 0.2) is 12.0 Å². The fraction of sp³-hybridized carbons (Fsp3) is 0.292. The van der Waals surface area contributed by atoms with Crippen molar-refractivity contribution in [3.05, 3.63) is 69.3 Å². The van der Waals surface area contributed by atoms with Crippen molar-refractivity contribution in [3.63, 3.8) is 0 Å². The molecule has 0 atom stereocenters. The van der Waals surface area contributed by atoms with Crippen LogP contribution in [0.4, 0.5) is 0 Å². The summed E-state index contributed by atoms with van der Waals surface area (Å²) in [7, 11) is -4.32. The standard InChI is InChI=1S/C24H24O8S/c1-14-4-8-17(9-5-14)33(29,30)32-23-18(10-6-15(2)7-11-21(26)27)19(12-25)16(3)20-13-31-24(28)22(20)23/h4-6,8-9,12H,7,10-11,13H2,1-3H3,(H,26,27)/b15-6+. The predicted molar refractivity (Wildman–Crippen MR) is 119 cm³/mol. The molecule has 0 amide bonds. The minimum Gasteiger partial charge on any atom is -0.481 e. The first-order valence-corrected chi connectivity index (χ1v) is 11.6. The van der Waals surface area contributed by atoms with Crippen LogP contribution < -0.4 is 4.18 Å². The Kier molecular flexibility index (Phi) is 7.02. The zero-order valence-electron chi connectivity index (χ0n) is 18.5. The van der Waals surface area contributed by atoms with Crippen molar-refractivity contribution in [1.29, 1.82) is 0 Å². The molecule has 0 radical (unpaired) electrons. The third kappa shape index (κ3) is 5.14. The maximum absolute atomic E-state index is 13.0. The van der Waals surface area contributed by atoms with E-state index >= 15 is 0 Å². The van der Waals surface area contributed by atoms with Crippen LogP contribution in [0, 0.1) is 13.8 Å². The number of esters is 1. The zero-order chi connectivity index (χ0) is 24.3. The van der Waals surface area contributed by atoms with E-state index in [4.69, 9.17) is 14.0 Å². The van der Waals surface area contributed by atoms with Gasteiger partial charge >= 0.3 is 22.1 Å². The molecule has 0 saturated carbocycles. The van der Waals surface area contributed by atoms with Crippen molar-refractivity contribution in [1.82, 2.24) is 0 Å². The summed E-state index contributed by atoms with van der Waals surface area (Å²) in [5.41, 5.74) is 2.94. The van der Waals surface area contributed by atoms with Gasteiger partial charge in [-0.1, -0.05) is 29.3 Å². The van der Waals surface area contributed by atoms with Crippen LogP contribution in [0.3, 0.4) is 0 Å². The second-order valence-corrected chi connectivity index (χ2v) is 9.44. The highest BCUT2D eigenvalue weighted by atomic mass is 32.2. The van der Waals surface area contributed by atoms with Gasteiger partial charge in [0.25, 0.3) is 0 Å². The van der Waals surface area contributed by atoms with E-state index in [-0.39, 0.29) is 53.2 Å². The first-order valence-electron chi connectivity index (χ1n) is 10.2. The largest absolute Gasteiger partial charge is 0.481 e. The van der Waals surface area contributed by atoms with Crippen molar-refractivity contribution in [2.24, 2.45) is 0 Å². The summed E-state index contributed by atoms with van der Waals surface area (Å²) < 4.78 is 36.7. The highest BCUT2D eigenvalue weighted by Crippen LogP contribution is 2.39. The minimum atomic E-state index is -4.32. The monoisotopic (exact) mass is 472 g/mol. The smallest absolute Gasteiger partial charge is 0.342 e. The van der Waals surface area contributed by atoms with E-state index in [0.717, 1.165) is 11.1 Å². The average Bonchev–Trinajstić information content (AvgIpc) is 3.15. The van der Waals surface area contributed by atoms with Gasteiger partial charge in [-0.25, -0.2) is 4.79 Å². The molecule has 2 aromatic rings. The number of rotatable bonds is 9. The number of cyclic esters (lactones) is 1. The molecule has 0 fully saturated rings. The van der Waals surface area contributed by atoms with Gasteiger partial charge in [0.1, 0.15) is 17.1 Å². The van der Waals surface area contributed by atoms with E-state index in [2.05, 4.69) is 0 Å². The molecule has 2 aromatic carbocycles. The molecule has 3 rings (SSSR count). The van der Waals surface area contributed by atoms with Crippen LogP contribution in [0.1, 0.15) is 62.7 Å². The number of aliphatic carboxylic acids is 1. The molecular weight excluding hydrogens is 448 g/mol. The topological polar surface area (TPSA) is 124 Å². The molecule has 8 nitrogen and oxygen atoms in total. The second-order valence-electron chi connectivity index (χ2n) is 7.89. The quantitative estimate of drug-likeness (QED) is 0.252. The molecule has 0 bridgehead atoms. The number of allylic oxidation sites excluding steroid dienone is 2. The Bertz CT molecular complexity index is 1250. The fourth-order valence-electron chi connectivity index (χ4n) is 3.59. The second kappa shape index (κ2) is 9.58. The van der Waals surface area contributed by atoms with Gasteiger partial charge in [0.05, 0.1) is 0 Å². The Morgan fingerprint density at radius 2 is 1.85 bits per heavy atom. The summed E-state index contributed by atoms with van der Waals surface area (Å²) in [6.45, 7) is 5.12. The van der Waals surface area contributed by atoms with Crippen molar-refractivity contribution in [2.75, 3.05) is 0 Å². The lowest BCUT2D eigenvalue weighted by molar-refractivity contribution is -0.136. The van der Waals surface area contributed by atoms with Crippen LogP contribution in [-0.4, -0.2) is 31.7 Å². The molecule has 0 unspecified atom stereocenters. The molecule has 33 heavy (non-hydrogen) atoms. The zero-order valence-corrected chi connectivity index (χ0v) is 19.3. The van der Waals surface area contributed by atoms with Gasteiger partial charge in [-0.15, -0.1) is 0 Å². The van der Waals surface area contributed by atoms with E-state index in [1.807, 2.05) is 6.92 Å². The number of fused-ring (bicyclic) bond motifs is 1. The van der Waals surface area contributed by atoms with E-state index in [1.165, 1.54) is 12.1 Å². The van der Waals surface area contributed by atoms with Crippen molar-refractivity contribution < 1.29 is 36.8 Å². The Hall–Kier alpha value is -3.46. The number of carbonyl (C=O) groups is 3. The van der Waals surface area contributed by atoms with Crippen LogP contribution in [-0.2, 0) is 32.7 Å². The first kappa shape index (κ1) is 24.2. The van der Waals surface area contributed by atoms with Gasteiger partial charge in [-0.2, -0.15) is 8.42 Å². The maximum atomic E-state index is 13.0. The molecule has 0 spiro atoms. The number of carbonyl (C=O) groups excluding carboxylic acids is 2. The fourth-order valence-corrected chi connectivity index (χ4v) is 4.56. The van der Waals surface area contributed by atoms with Crippen molar-refractivity contribution >= 4 is 28.3 Å². The predicted octanol–water partition coefficient (Wildman–Crippen LogP) is 3.91. The summed E-state index contributed by atoms with van der Waals surface area (Å²) in [5.74, 6) is -1.91. The highest BCUT2D eigenvalue weighted by molar-refractivity contribution is 7.87. The summed E-state index contributed by atoms with van der Waals surface area (Å²) in [6.07, 6.45) is 2.58. The molecule has 1 aliphatic rings. The lowest BCUT2D eigenvalue weighted by atomic mass is 9.91. The number of ether oxygens (including phenoxy) is 1. The van der Waals surface area contributed by atoms with Gasteiger partial charge < -0.3 is 14.0 Å². The summed E-state index contributed by atoms with van der Waals surface area (Å²) in [4.78, 5) is 35.2. The third-order valence-electron chi connectivity index (χ3n) is 5.54. The van der Waals surface area contributed by atoms with Gasteiger partial charge in [0, 0.05) is 23.1 Å². The first-order chi connectivity index (χ1) is 15.5. The normalized spacial score (nSPS) is 13.4. The molecule has 0 saturated heterocycles. The number of aryl methyl sites for hydroxylation is 1. The van der Waals surface area contributed by atoms with E-state index in [0.29, 0.717) is 17.4 Å². The molecule has 1 heterocycles. The van der Waals surface area contributed by atoms with Gasteiger partial charge in [0.2, 0.25) is 0 Å². The number of hydrogen-bond acceptors (Lipinski definition) is 7. The van der Waals surface area contributed by atoms with Crippen LogP contribution >= 0.6 is 0 Å². The number of carboxylic acids is 1. The molecule has 9 heteroatoms. The van der Waals surface area contributed by atoms with Crippen LogP contribution in [0.25, 0.3) is 0 Å². The van der Waals surface area contributed by atoms with Crippen LogP contribution in [0.5, 0.6) is 5.75 Å². The summed E-state index contributed by atoms with van der Waals surface area (Å²) in [6, 6.07) is 6.04. The van der Waals surface area contributed by atoms with Gasteiger partial charge in [-0.05, 0) is 51.3 Å². The SMILES string of the molecule is C/C(=C\Cc1c(C=O)c(C)c2c(c1OS(=O)(=O)c1ccc(C)cc1)C(=O)OC2)CCC(=O)O. The highest BCUT2D eigenvalue weighted by Gasteiger charge is 2.34. The average molecular weight is 473 g/mol. The number of aldehydes is 1. The molecule has 0 aliphatic carbocycles. The Morgan fingerprint density at radius 3 is 2.45 bits per heavy atom. The number of hydrogen-bond donors (Lipinski definition) is 1. The van der Waals surface area contributed by atoms with E-state index in [1.54, 1.807) is 32.1 Å². The molecule has 1 N–H and O–H groups in total. The summed E-state index contributed by atoms with van der Waals surface area (Å²) >= 11 is 0. The van der Waals surface area contributed by atoms with E-state index < -0.39 is 22.1 Å². The maximum Gasteiger partial charge on any atom is 0.342 e. The molecule has 0 aromatic heterocycles. The van der Waals surface area contributed by atoms with Gasteiger partial charge in [-0.3, -0.25) is 9.59 Å². The Labute approximate surface area is 192 Å². The number of benzene rings is 2. The minimum absolute atomic E-state index is 0.0135. The van der Waals surface area contributed by atoms with Crippen molar-refractivity contribution in [2.45, 2.75) is 51.5 Å². The number of carboxylic acid groups (broad SMARTS) is 1. The van der Waals surface area contributed by atoms with Crippen LogP contribution in [0.15, 0.2) is 40.8 Å². The molecular formula is C24H24O8S. The summed E-state index contributed by atoms with van der Waals surface area (Å²) in [5, 5.41) is 8.89. The Balaban J connectivity index is 2.14. The Morgan fingerprint density at radius 1 is 1.18 bits per heavy atom. The van der Waals surface area contributed by atoms with Crippen LogP contribution in [0.2, 0.25) is 0 Å². The lowest BCUT2D eigenvalue weighted by Crippen LogP contribution is -2.16. The molecule has 174 valence electrons. The third-order valence-corrected chi connectivity index (χ3v) is 6.78. The lowest BCUT2D eigenvalue weighted by Gasteiger charge is -2.18. The molecule has 1 aliphatic heterocycles. The van der Waals surface area contributed by atoms with Crippen molar-refractivity contribution in [3.8, 4) is 5.75 Å². The van der Waals surface area contributed by atoms with E-state index in [9.17, 15) is 22.8 Å².